The Kier molecular flexibility index (Phi) is 2.96. The van der Waals surface area contributed by atoms with Crippen LogP contribution in [-0.4, -0.2) is 29.5 Å². The summed E-state index contributed by atoms with van der Waals surface area (Å²) in [6.07, 6.45) is 0. The fourth-order valence-electron chi connectivity index (χ4n) is 1.04. The first-order chi connectivity index (χ1) is 6.56. The van der Waals surface area contributed by atoms with Crippen LogP contribution in [0.25, 0.3) is 0 Å². The largest absolute Gasteiger partial charge is 0.506 e. The van der Waals surface area contributed by atoms with Gasteiger partial charge in [0, 0.05) is 19.2 Å². The Hall–Kier alpha value is -1.71. The van der Waals surface area contributed by atoms with Gasteiger partial charge in [0.1, 0.15) is 5.75 Å². The van der Waals surface area contributed by atoms with Gasteiger partial charge in [0.15, 0.2) is 0 Å². The van der Waals surface area contributed by atoms with Gasteiger partial charge in [0.05, 0.1) is 5.69 Å². The molecule has 0 heterocycles. The van der Waals surface area contributed by atoms with Crippen LogP contribution in [0.15, 0.2) is 18.2 Å². The summed E-state index contributed by atoms with van der Waals surface area (Å²) in [5.74, 6) is -0.178. The van der Waals surface area contributed by atoms with Crippen LogP contribution in [0.5, 0.6) is 5.75 Å². The van der Waals surface area contributed by atoms with Gasteiger partial charge in [-0.2, -0.15) is 0 Å². The van der Waals surface area contributed by atoms with Gasteiger partial charge in [0.25, 0.3) is 5.91 Å². The molecule has 0 saturated carbocycles. The van der Waals surface area contributed by atoms with E-state index in [1.165, 1.54) is 12.1 Å². The normalized spacial score (nSPS) is 9.86. The molecule has 1 rings (SSSR count). The number of phenols is 1. The highest BCUT2D eigenvalue weighted by atomic mass is 16.3. The molecule has 0 bridgehead atoms. The Balaban J connectivity index is 2.97. The van der Waals surface area contributed by atoms with Gasteiger partial charge < -0.3 is 15.7 Å². The molecule has 0 unspecified atom stereocenters. The molecule has 0 aromatic heterocycles. The van der Waals surface area contributed by atoms with Crippen LogP contribution in [0, 0.1) is 0 Å². The average molecular weight is 194 g/mol. The zero-order valence-corrected chi connectivity index (χ0v) is 8.32. The SMILES string of the molecule is CCN(C)C(=O)c1ccc(N)c(O)c1. The summed E-state index contributed by atoms with van der Waals surface area (Å²) < 4.78 is 0. The number of phenolic OH excluding ortho intramolecular Hbond substituents is 1. The van der Waals surface area contributed by atoms with Crippen molar-refractivity contribution in [2.75, 3.05) is 19.3 Å². The molecule has 3 N–H and O–H groups in total. The summed E-state index contributed by atoms with van der Waals surface area (Å²) in [5.41, 5.74) is 6.15. The van der Waals surface area contributed by atoms with E-state index in [2.05, 4.69) is 0 Å². The Morgan fingerprint density at radius 2 is 2.21 bits per heavy atom. The lowest BCUT2D eigenvalue weighted by atomic mass is 10.1. The number of anilines is 1. The highest BCUT2D eigenvalue weighted by Gasteiger charge is 2.10. The summed E-state index contributed by atoms with van der Waals surface area (Å²) in [6, 6.07) is 4.50. The van der Waals surface area contributed by atoms with E-state index in [1.807, 2.05) is 6.92 Å². The first-order valence-corrected chi connectivity index (χ1v) is 4.40. The van der Waals surface area contributed by atoms with E-state index in [9.17, 15) is 9.90 Å². The molecule has 4 heteroatoms. The molecule has 0 aliphatic rings. The zero-order valence-electron chi connectivity index (χ0n) is 8.32. The van der Waals surface area contributed by atoms with Gasteiger partial charge in [-0.1, -0.05) is 0 Å². The number of aromatic hydroxyl groups is 1. The third kappa shape index (κ3) is 1.96. The first-order valence-electron chi connectivity index (χ1n) is 4.40. The van der Waals surface area contributed by atoms with Gasteiger partial charge >= 0.3 is 0 Å². The molecule has 0 aliphatic heterocycles. The number of hydrogen-bond donors (Lipinski definition) is 2. The second-order valence-corrected chi connectivity index (χ2v) is 3.09. The second kappa shape index (κ2) is 4.00. The van der Waals surface area contributed by atoms with Gasteiger partial charge in [0.2, 0.25) is 0 Å². The molecule has 4 nitrogen and oxygen atoms in total. The number of hydrogen-bond acceptors (Lipinski definition) is 3. The molecule has 0 aliphatic carbocycles. The van der Waals surface area contributed by atoms with Crippen molar-refractivity contribution >= 4 is 11.6 Å². The minimum Gasteiger partial charge on any atom is -0.506 e. The molecule has 0 radical (unpaired) electrons. The number of nitrogens with zero attached hydrogens (tertiary/aromatic N) is 1. The quantitative estimate of drug-likeness (QED) is 0.546. The molecule has 76 valence electrons. The van der Waals surface area contributed by atoms with E-state index in [1.54, 1.807) is 18.0 Å². The molecule has 1 aromatic rings. The third-order valence-corrected chi connectivity index (χ3v) is 2.10. The molecule has 1 amide bonds. The fourth-order valence-corrected chi connectivity index (χ4v) is 1.04. The van der Waals surface area contributed by atoms with Gasteiger partial charge in [-0.3, -0.25) is 4.79 Å². The number of nitrogens with two attached hydrogens (primary N) is 1. The van der Waals surface area contributed by atoms with Gasteiger partial charge in [-0.15, -0.1) is 0 Å². The number of benzene rings is 1. The predicted molar refractivity (Wildman–Crippen MR) is 55.2 cm³/mol. The second-order valence-electron chi connectivity index (χ2n) is 3.09. The fraction of sp³-hybridized carbons (Fsp3) is 0.300. The highest BCUT2D eigenvalue weighted by Crippen LogP contribution is 2.21. The summed E-state index contributed by atoms with van der Waals surface area (Å²) in [6.45, 7) is 2.51. The Bertz CT molecular complexity index is 350. The molecular weight excluding hydrogens is 180 g/mol. The van der Waals surface area contributed by atoms with Crippen LogP contribution in [-0.2, 0) is 0 Å². The van der Waals surface area contributed by atoms with E-state index in [0.29, 0.717) is 12.1 Å². The van der Waals surface area contributed by atoms with Crippen molar-refractivity contribution in [3.63, 3.8) is 0 Å². The van der Waals surface area contributed by atoms with Crippen LogP contribution in [0.1, 0.15) is 17.3 Å². The first kappa shape index (κ1) is 10.4. The lowest BCUT2D eigenvalue weighted by Crippen LogP contribution is -2.26. The lowest BCUT2D eigenvalue weighted by Gasteiger charge is -2.14. The van der Waals surface area contributed by atoms with Crippen molar-refractivity contribution in [1.82, 2.24) is 4.90 Å². The van der Waals surface area contributed by atoms with Crippen molar-refractivity contribution in [1.29, 1.82) is 0 Å². The highest BCUT2D eigenvalue weighted by molar-refractivity contribution is 5.95. The zero-order chi connectivity index (χ0) is 10.7. The summed E-state index contributed by atoms with van der Waals surface area (Å²) >= 11 is 0. The van der Waals surface area contributed by atoms with E-state index < -0.39 is 0 Å². The van der Waals surface area contributed by atoms with Crippen molar-refractivity contribution in [2.45, 2.75) is 6.92 Å². The molecule has 0 atom stereocenters. The van der Waals surface area contributed by atoms with E-state index in [-0.39, 0.29) is 17.3 Å². The number of carbonyl (C=O) groups is 1. The molecular formula is C10H14N2O2. The summed E-state index contributed by atoms with van der Waals surface area (Å²) in [4.78, 5) is 13.2. The maximum atomic E-state index is 11.6. The van der Waals surface area contributed by atoms with Crippen LogP contribution in [0.2, 0.25) is 0 Å². The third-order valence-electron chi connectivity index (χ3n) is 2.10. The van der Waals surface area contributed by atoms with E-state index in [4.69, 9.17) is 5.73 Å². The van der Waals surface area contributed by atoms with Crippen LogP contribution in [0.4, 0.5) is 5.69 Å². The standard InChI is InChI=1S/C10H14N2O2/c1-3-12(2)10(14)7-4-5-8(11)9(13)6-7/h4-6,13H,3,11H2,1-2H3. The van der Waals surface area contributed by atoms with Gasteiger partial charge in [-0.25, -0.2) is 0 Å². The number of nitrogen functional groups attached to an aromatic ring is 1. The van der Waals surface area contributed by atoms with Crippen molar-refractivity contribution in [3.05, 3.63) is 23.8 Å². The topological polar surface area (TPSA) is 66.6 Å². The van der Waals surface area contributed by atoms with Crippen LogP contribution < -0.4 is 5.73 Å². The minimum absolute atomic E-state index is 0.0552. The smallest absolute Gasteiger partial charge is 0.253 e. The molecule has 14 heavy (non-hydrogen) atoms. The average Bonchev–Trinajstić information content (AvgIpc) is 2.20. The molecule has 0 saturated heterocycles. The summed E-state index contributed by atoms with van der Waals surface area (Å²) in [5, 5.41) is 9.31. The Labute approximate surface area is 82.9 Å². The van der Waals surface area contributed by atoms with E-state index >= 15 is 0 Å². The van der Waals surface area contributed by atoms with Crippen molar-refractivity contribution < 1.29 is 9.90 Å². The maximum Gasteiger partial charge on any atom is 0.253 e. The van der Waals surface area contributed by atoms with Crippen LogP contribution >= 0.6 is 0 Å². The van der Waals surface area contributed by atoms with Crippen molar-refractivity contribution in [3.8, 4) is 5.75 Å². The maximum absolute atomic E-state index is 11.6. The molecule has 0 spiro atoms. The van der Waals surface area contributed by atoms with E-state index in [0.717, 1.165) is 0 Å². The molecule has 1 aromatic carbocycles. The monoisotopic (exact) mass is 194 g/mol. The Morgan fingerprint density at radius 3 is 2.71 bits per heavy atom. The minimum atomic E-state index is -0.122. The predicted octanol–water partition coefficient (Wildman–Crippen LogP) is 1.07. The number of amides is 1. The van der Waals surface area contributed by atoms with Crippen molar-refractivity contribution in [2.24, 2.45) is 0 Å². The van der Waals surface area contributed by atoms with Crippen LogP contribution in [0.3, 0.4) is 0 Å². The number of carbonyl (C=O) groups excluding carboxylic acids is 1. The van der Waals surface area contributed by atoms with Gasteiger partial charge in [-0.05, 0) is 25.1 Å². The summed E-state index contributed by atoms with van der Waals surface area (Å²) in [7, 11) is 1.70. The molecule has 0 fully saturated rings. The lowest BCUT2D eigenvalue weighted by molar-refractivity contribution is 0.0802. The Morgan fingerprint density at radius 1 is 1.57 bits per heavy atom. The number of rotatable bonds is 2.